The largest absolute Gasteiger partial charge is 0.335 e. The average Bonchev–Trinajstić information content (AvgIpc) is 3.39. The van der Waals surface area contributed by atoms with E-state index >= 15 is 0 Å². The van der Waals surface area contributed by atoms with Crippen LogP contribution in [0.25, 0.3) is 5.69 Å². The standard InChI is InChI=1S/C20H22FN5OS/c1-2-6-17-23-18(24-26(17)16-9-4-3-8-15(16)21)20(27)25-11-5-7-14(13-25)19-22-10-12-28-19/h3-4,8-10,12,14H,2,5-7,11,13H2,1H3. The Bertz CT molecular complexity index is 955. The number of thiazole rings is 1. The molecule has 1 atom stereocenters. The van der Waals surface area contributed by atoms with E-state index < -0.39 is 0 Å². The number of piperidine rings is 1. The number of halogens is 1. The minimum absolute atomic E-state index is 0.131. The van der Waals surface area contributed by atoms with Gasteiger partial charge in [0, 0.05) is 37.0 Å². The third-order valence-electron chi connectivity index (χ3n) is 4.93. The van der Waals surface area contributed by atoms with Crippen LogP contribution in [0, 0.1) is 5.82 Å². The minimum atomic E-state index is -0.384. The van der Waals surface area contributed by atoms with Crippen LogP contribution in [0.2, 0.25) is 0 Å². The first-order chi connectivity index (χ1) is 13.7. The normalized spacial score (nSPS) is 17.1. The van der Waals surface area contributed by atoms with Crippen molar-refractivity contribution in [2.45, 2.75) is 38.5 Å². The summed E-state index contributed by atoms with van der Waals surface area (Å²) in [4.78, 5) is 23.7. The van der Waals surface area contributed by atoms with Crippen molar-refractivity contribution in [2.24, 2.45) is 0 Å². The molecule has 0 N–H and O–H groups in total. The van der Waals surface area contributed by atoms with Gasteiger partial charge in [-0.05, 0) is 31.4 Å². The predicted molar refractivity (Wildman–Crippen MR) is 105 cm³/mol. The van der Waals surface area contributed by atoms with Crippen molar-refractivity contribution >= 4 is 17.2 Å². The molecule has 0 radical (unpaired) electrons. The van der Waals surface area contributed by atoms with Crippen LogP contribution in [0.4, 0.5) is 4.39 Å². The van der Waals surface area contributed by atoms with Crippen molar-refractivity contribution in [2.75, 3.05) is 13.1 Å². The molecule has 1 aliphatic heterocycles. The molecular weight excluding hydrogens is 377 g/mol. The zero-order valence-corrected chi connectivity index (χ0v) is 16.5. The molecule has 1 aliphatic rings. The number of hydrogen-bond acceptors (Lipinski definition) is 5. The molecule has 6 nitrogen and oxygen atoms in total. The van der Waals surface area contributed by atoms with Crippen molar-refractivity contribution in [3.05, 3.63) is 58.3 Å². The molecule has 4 rings (SSSR count). The van der Waals surface area contributed by atoms with Gasteiger partial charge in [-0.1, -0.05) is 19.1 Å². The summed E-state index contributed by atoms with van der Waals surface area (Å²) in [5.41, 5.74) is 0.316. The Balaban J connectivity index is 1.61. The highest BCUT2D eigenvalue weighted by atomic mass is 32.1. The van der Waals surface area contributed by atoms with Gasteiger partial charge in [0.25, 0.3) is 5.91 Å². The molecule has 1 fully saturated rings. The lowest BCUT2D eigenvalue weighted by Gasteiger charge is -2.31. The molecule has 3 heterocycles. The molecule has 3 aromatic rings. The molecule has 146 valence electrons. The zero-order chi connectivity index (χ0) is 19.5. The zero-order valence-electron chi connectivity index (χ0n) is 15.7. The molecule has 1 saturated heterocycles. The maximum atomic E-state index is 14.3. The van der Waals surface area contributed by atoms with Crippen LogP contribution < -0.4 is 0 Å². The van der Waals surface area contributed by atoms with Crippen molar-refractivity contribution in [3.63, 3.8) is 0 Å². The van der Waals surface area contributed by atoms with Gasteiger partial charge in [0.15, 0.2) is 0 Å². The van der Waals surface area contributed by atoms with Crippen LogP contribution in [0.3, 0.4) is 0 Å². The number of aromatic nitrogens is 4. The highest BCUT2D eigenvalue weighted by Gasteiger charge is 2.29. The maximum Gasteiger partial charge on any atom is 0.293 e. The first-order valence-corrected chi connectivity index (χ1v) is 10.4. The van der Waals surface area contributed by atoms with E-state index in [2.05, 4.69) is 15.1 Å². The van der Waals surface area contributed by atoms with Gasteiger partial charge in [0.05, 0.1) is 5.01 Å². The number of benzene rings is 1. The van der Waals surface area contributed by atoms with Gasteiger partial charge in [0.2, 0.25) is 5.82 Å². The van der Waals surface area contributed by atoms with Gasteiger partial charge >= 0.3 is 0 Å². The number of hydrogen-bond donors (Lipinski definition) is 0. The molecule has 2 aromatic heterocycles. The molecule has 1 unspecified atom stereocenters. The second-order valence-corrected chi connectivity index (χ2v) is 7.85. The summed E-state index contributed by atoms with van der Waals surface area (Å²) >= 11 is 1.62. The van der Waals surface area contributed by atoms with E-state index in [0.29, 0.717) is 31.0 Å². The van der Waals surface area contributed by atoms with E-state index in [4.69, 9.17) is 0 Å². The fraction of sp³-hybridized carbons (Fsp3) is 0.400. The predicted octanol–water partition coefficient (Wildman–Crippen LogP) is 3.84. The Labute approximate surface area is 167 Å². The Morgan fingerprint density at radius 3 is 2.96 bits per heavy atom. The van der Waals surface area contributed by atoms with Crippen LogP contribution in [0.15, 0.2) is 35.8 Å². The SMILES string of the molecule is CCCc1nc(C(=O)N2CCCC(c3nccs3)C2)nn1-c1ccccc1F. The summed E-state index contributed by atoms with van der Waals surface area (Å²) in [7, 11) is 0. The highest BCUT2D eigenvalue weighted by molar-refractivity contribution is 7.09. The lowest BCUT2D eigenvalue weighted by molar-refractivity contribution is 0.0694. The summed E-state index contributed by atoms with van der Waals surface area (Å²) in [6.45, 7) is 3.31. The molecule has 0 saturated carbocycles. The van der Waals surface area contributed by atoms with Crippen LogP contribution >= 0.6 is 11.3 Å². The number of nitrogens with zero attached hydrogens (tertiary/aromatic N) is 5. The van der Waals surface area contributed by atoms with Gasteiger partial charge in [-0.15, -0.1) is 16.4 Å². The van der Waals surface area contributed by atoms with Gasteiger partial charge in [-0.3, -0.25) is 4.79 Å². The molecule has 1 aromatic carbocycles. The molecular formula is C20H22FN5OS. The number of aryl methyl sites for hydroxylation is 1. The van der Waals surface area contributed by atoms with Crippen molar-refractivity contribution in [1.29, 1.82) is 0 Å². The topological polar surface area (TPSA) is 63.9 Å². The first-order valence-electron chi connectivity index (χ1n) is 9.57. The summed E-state index contributed by atoms with van der Waals surface area (Å²) in [6.07, 6.45) is 5.20. The molecule has 28 heavy (non-hydrogen) atoms. The first kappa shape index (κ1) is 18.7. The van der Waals surface area contributed by atoms with Gasteiger partial charge in [-0.2, -0.15) is 0 Å². The number of amides is 1. The highest BCUT2D eigenvalue weighted by Crippen LogP contribution is 2.29. The number of para-hydroxylation sites is 1. The van der Waals surface area contributed by atoms with Crippen molar-refractivity contribution in [3.8, 4) is 5.69 Å². The smallest absolute Gasteiger partial charge is 0.293 e. The molecule has 0 bridgehead atoms. The average molecular weight is 399 g/mol. The van der Waals surface area contributed by atoms with Crippen LogP contribution in [-0.4, -0.2) is 43.6 Å². The second-order valence-electron chi connectivity index (χ2n) is 6.93. The van der Waals surface area contributed by atoms with Crippen LogP contribution in [-0.2, 0) is 6.42 Å². The maximum absolute atomic E-state index is 14.3. The van der Waals surface area contributed by atoms with E-state index in [1.165, 1.54) is 10.7 Å². The van der Waals surface area contributed by atoms with Crippen molar-refractivity contribution < 1.29 is 9.18 Å². The Morgan fingerprint density at radius 1 is 1.36 bits per heavy atom. The number of rotatable bonds is 5. The fourth-order valence-corrected chi connectivity index (χ4v) is 4.35. The number of likely N-dealkylation sites (tertiary alicyclic amines) is 1. The Kier molecular flexibility index (Phi) is 5.47. The molecule has 1 amide bonds. The number of carbonyl (C=O) groups is 1. The van der Waals surface area contributed by atoms with Gasteiger partial charge < -0.3 is 4.90 Å². The van der Waals surface area contributed by atoms with Crippen molar-refractivity contribution in [1.82, 2.24) is 24.6 Å². The van der Waals surface area contributed by atoms with E-state index in [9.17, 15) is 9.18 Å². The summed E-state index contributed by atoms with van der Waals surface area (Å²) in [5.74, 6) is 0.400. The van der Waals surface area contributed by atoms with E-state index in [0.717, 1.165) is 24.3 Å². The van der Waals surface area contributed by atoms with E-state index in [1.54, 1.807) is 40.6 Å². The van der Waals surface area contributed by atoms with E-state index in [-0.39, 0.29) is 23.5 Å². The third kappa shape index (κ3) is 3.69. The lowest BCUT2D eigenvalue weighted by Crippen LogP contribution is -2.39. The molecule has 8 heteroatoms. The van der Waals surface area contributed by atoms with E-state index in [1.807, 2.05) is 12.3 Å². The second kappa shape index (κ2) is 8.18. The summed E-state index contributed by atoms with van der Waals surface area (Å²) in [6, 6.07) is 6.42. The van der Waals surface area contributed by atoms with Crippen LogP contribution in [0.5, 0.6) is 0 Å². The van der Waals surface area contributed by atoms with Gasteiger partial charge in [-0.25, -0.2) is 19.0 Å². The summed E-state index contributed by atoms with van der Waals surface area (Å²) in [5, 5.41) is 7.41. The Hall–Kier alpha value is -2.61. The quantitative estimate of drug-likeness (QED) is 0.654. The number of carbonyl (C=O) groups excluding carboxylic acids is 1. The van der Waals surface area contributed by atoms with Gasteiger partial charge in [0.1, 0.15) is 17.3 Å². The Morgan fingerprint density at radius 2 is 2.21 bits per heavy atom. The third-order valence-corrected chi connectivity index (χ3v) is 5.87. The fourth-order valence-electron chi connectivity index (χ4n) is 3.58. The minimum Gasteiger partial charge on any atom is -0.335 e. The lowest BCUT2D eigenvalue weighted by atomic mass is 9.98. The molecule has 0 spiro atoms. The van der Waals surface area contributed by atoms with Crippen LogP contribution in [0.1, 0.15) is 53.6 Å². The summed E-state index contributed by atoms with van der Waals surface area (Å²) < 4.78 is 15.7. The monoisotopic (exact) mass is 399 g/mol. The molecule has 0 aliphatic carbocycles.